The van der Waals surface area contributed by atoms with Crippen molar-refractivity contribution in [3.05, 3.63) is 15.0 Å². The summed E-state index contributed by atoms with van der Waals surface area (Å²) in [7, 11) is 1.37. The number of nitrogens with one attached hydrogen (secondary N) is 1. The zero-order chi connectivity index (χ0) is 13.5. The van der Waals surface area contributed by atoms with Crippen molar-refractivity contribution < 1.29 is 14.3 Å². The first-order chi connectivity index (χ1) is 9.07. The van der Waals surface area contributed by atoms with E-state index >= 15 is 0 Å². The number of carbonyl (C=O) groups excluding carboxylic acids is 1. The van der Waals surface area contributed by atoms with Gasteiger partial charge in [0, 0.05) is 23.9 Å². The van der Waals surface area contributed by atoms with Gasteiger partial charge in [-0.3, -0.25) is 0 Å². The molecule has 0 aromatic carbocycles. The lowest BCUT2D eigenvalue weighted by atomic mass is 9.56. The third kappa shape index (κ3) is 2.33. The number of rotatable bonds is 4. The molecular weight excluding hydrogens is 332 g/mol. The van der Waals surface area contributed by atoms with E-state index in [-0.39, 0.29) is 12.6 Å². The molecule has 0 atom stereocenters. The Morgan fingerprint density at radius 2 is 2.32 bits per heavy atom. The molecule has 0 radical (unpaired) electrons. The fourth-order valence-electron chi connectivity index (χ4n) is 2.92. The predicted octanol–water partition coefficient (Wildman–Crippen LogP) is 1.67. The number of hydrogen-bond acceptors (Lipinski definition) is 6. The number of hydrogen-bond donors (Lipinski definition) is 1. The van der Waals surface area contributed by atoms with Gasteiger partial charge in [0.25, 0.3) is 0 Å². The first kappa shape index (κ1) is 13.5. The maximum Gasteiger partial charge on any atom is 0.331 e. The molecule has 104 valence electrons. The molecule has 2 aliphatic rings. The van der Waals surface area contributed by atoms with Crippen LogP contribution in [-0.2, 0) is 19.9 Å². The summed E-state index contributed by atoms with van der Waals surface area (Å²) in [6.07, 6.45) is 1.84. The molecule has 2 fully saturated rings. The summed E-state index contributed by atoms with van der Waals surface area (Å²) in [5, 5.41) is 6.19. The second kappa shape index (κ2) is 4.80. The van der Waals surface area contributed by atoms with Crippen molar-refractivity contribution in [2.45, 2.75) is 18.4 Å². The Balaban J connectivity index is 1.75. The molecule has 2 heterocycles. The van der Waals surface area contributed by atoms with Crippen LogP contribution in [0.1, 0.15) is 17.8 Å². The minimum atomic E-state index is -0.410. The Morgan fingerprint density at radius 1 is 1.58 bits per heavy atom. The highest BCUT2D eigenvalue weighted by atomic mass is 79.9. The molecule has 1 aromatic rings. The summed E-state index contributed by atoms with van der Waals surface area (Å²) in [5.41, 5.74) is -0.0682. The van der Waals surface area contributed by atoms with Gasteiger partial charge < -0.3 is 14.8 Å². The fraction of sp³-hybridized carbons (Fsp3) is 0.667. The van der Waals surface area contributed by atoms with Crippen LogP contribution >= 0.6 is 27.3 Å². The third-order valence-electron chi connectivity index (χ3n) is 3.88. The van der Waals surface area contributed by atoms with Crippen LogP contribution in [0.4, 0.5) is 0 Å². The highest BCUT2D eigenvalue weighted by molar-refractivity contribution is 9.10. The van der Waals surface area contributed by atoms with Gasteiger partial charge in [-0.25, -0.2) is 9.78 Å². The van der Waals surface area contributed by atoms with Gasteiger partial charge in [-0.2, -0.15) is 0 Å². The van der Waals surface area contributed by atoms with Gasteiger partial charge >= 0.3 is 5.97 Å². The summed E-state index contributed by atoms with van der Waals surface area (Å²) in [4.78, 5) is 15.8. The molecule has 1 spiro atoms. The van der Waals surface area contributed by atoms with Crippen molar-refractivity contribution in [1.82, 2.24) is 10.3 Å². The van der Waals surface area contributed by atoms with Gasteiger partial charge in [0.1, 0.15) is 21.8 Å². The van der Waals surface area contributed by atoms with Gasteiger partial charge in [0.05, 0.1) is 7.11 Å². The van der Waals surface area contributed by atoms with Crippen molar-refractivity contribution in [1.29, 1.82) is 0 Å². The predicted molar refractivity (Wildman–Crippen MR) is 74.0 cm³/mol. The first-order valence-corrected chi connectivity index (χ1v) is 7.78. The Bertz CT molecular complexity index is 493. The van der Waals surface area contributed by atoms with Crippen LogP contribution in [-0.4, -0.2) is 37.8 Å². The van der Waals surface area contributed by atoms with Crippen LogP contribution in [0.2, 0.25) is 0 Å². The van der Waals surface area contributed by atoms with E-state index in [0.29, 0.717) is 5.41 Å². The zero-order valence-corrected chi connectivity index (χ0v) is 13.0. The number of thiazole rings is 1. The number of esters is 1. The van der Waals surface area contributed by atoms with Gasteiger partial charge in [-0.1, -0.05) is 0 Å². The summed E-state index contributed by atoms with van der Waals surface area (Å²) in [5.74, 6) is -0.345. The average Bonchev–Trinajstić information content (AvgIpc) is 2.72. The molecule has 7 heteroatoms. The van der Waals surface area contributed by atoms with E-state index in [1.165, 1.54) is 7.11 Å². The molecule has 0 bridgehead atoms. The number of methoxy groups -OCH3 is 1. The largest absolute Gasteiger partial charge is 0.467 e. The number of nitrogens with zero attached hydrogens (tertiary/aromatic N) is 1. The topological polar surface area (TPSA) is 60.5 Å². The summed E-state index contributed by atoms with van der Waals surface area (Å²) < 4.78 is 11.3. The van der Waals surface area contributed by atoms with Crippen LogP contribution in [0.3, 0.4) is 0 Å². The van der Waals surface area contributed by atoms with Crippen LogP contribution in [0.15, 0.2) is 9.98 Å². The number of halogens is 1. The molecule has 1 saturated carbocycles. The first-order valence-electron chi connectivity index (χ1n) is 6.11. The molecule has 0 amide bonds. The van der Waals surface area contributed by atoms with E-state index in [9.17, 15) is 4.79 Å². The Kier molecular flexibility index (Phi) is 3.41. The molecule has 5 nitrogen and oxygen atoms in total. The Labute approximate surface area is 123 Å². The monoisotopic (exact) mass is 346 g/mol. The van der Waals surface area contributed by atoms with E-state index < -0.39 is 5.60 Å². The molecule has 0 unspecified atom stereocenters. The van der Waals surface area contributed by atoms with Crippen molar-refractivity contribution in [3.63, 3.8) is 0 Å². The molecule has 19 heavy (non-hydrogen) atoms. The normalized spacial score (nSPS) is 22.6. The van der Waals surface area contributed by atoms with E-state index in [1.54, 1.807) is 11.3 Å². The van der Waals surface area contributed by atoms with Crippen molar-refractivity contribution in [2.75, 3.05) is 26.8 Å². The zero-order valence-electron chi connectivity index (χ0n) is 10.6. The van der Waals surface area contributed by atoms with Gasteiger partial charge in [-0.05, 0) is 28.8 Å². The lowest BCUT2D eigenvalue weighted by Crippen LogP contribution is -2.66. The standard InChI is InChI=1S/C12H15BrN2O3S/c1-17-9(16)2-18-12(10-15-8(13)3-19-10)4-11(5-12)6-14-7-11/h3,14H,2,4-7H2,1H3. The SMILES string of the molecule is COC(=O)COC1(c2nc(Br)cs2)CC2(CNC2)C1. The van der Waals surface area contributed by atoms with Crippen molar-refractivity contribution in [3.8, 4) is 0 Å². The Morgan fingerprint density at radius 3 is 2.79 bits per heavy atom. The van der Waals surface area contributed by atoms with E-state index in [2.05, 4.69) is 31.0 Å². The van der Waals surface area contributed by atoms with Crippen molar-refractivity contribution in [2.24, 2.45) is 5.41 Å². The highest BCUT2D eigenvalue weighted by Crippen LogP contribution is 2.58. The second-order valence-corrected chi connectivity index (χ2v) is 6.96. The molecule has 1 saturated heterocycles. The third-order valence-corrected chi connectivity index (χ3v) is 5.62. The molecule has 1 aliphatic carbocycles. The average molecular weight is 347 g/mol. The fourth-order valence-corrected chi connectivity index (χ4v) is 4.33. The van der Waals surface area contributed by atoms with Crippen LogP contribution in [0.5, 0.6) is 0 Å². The smallest absolute Gasteiger partial charge is 0.331 e. The van der Waals surface area contributed by atoms with Crippen LogP contribution in [0.25, 0.3) is 0 Å². The van der Waals surface area contributed by atoms with Gasteiger partial charge in [-0.15, -0.1) is 11.3 Å². The van der Waals surface area contributed by atoms with Gasteiger partial charge in [0.2, 0.25) is 0 Å². The number of aromatic nitrogens is 1. The summed E-state index contributed by atoms with van der Waals surface area (Å²) in [6.45, 7) is 2.04. The summed E-state index contributed by atoms with van der Waals surface area (Å²) in [6, 6.07) is 0. The lowest BCUT2D eigenvalue weighted by molar-refractivity contribution is -0.201. The van der Waals surface area contributed by atoms with Crippen LogP contribution < -0.4 is 5.32 Å². The second-order valence-electron chi connectivity index (χ2n) is 5.29. The molecule has 1 N–H and O–H groups in total. The highest BCUT2D eigenvalue weighted by Gasteiger charge is 2.60. The minimum Gasteiger partial charge on any atom is -0.467 e. The molecule has 1 aromatic heterocycles. The molecule has 1 aliphatic heterocycles. The van der Waals surface area contributed by atoms with Crippen LogP contribution in [0, 0.1) is 5.41 Å². The maximum absolute atomic E-state index is 11.3. The van der Waals surface area contributed by atoms with E-state index in [1.807, 2.05) is 5.38 Å². The summed E-state index contributed by atoms with van der Waals surface area (Å²) >= 11 is 4.94. The van der Waals surface area contributed by atoms with Gasteiger partial charge in [0.15, 0.2) is 0 Å². The lowest BCUT2D eigenvalue weighted by Gasteiger charge is -2.59. The minimum absolute atomic E-state index is 0.0167. The molecular formula is C12H15BrN2O3S. The number of carbonyl (C=O) groups is 1. The number of ether oxygens (including phenoxy) is 2. The van der Waals surface area contributed by atoms with E-state index in [0.717, 1.165) is 35.5 Å². The van der Waals surface area contributed by atoms with E-state index in [4.69, 9.17) is 4.74 Å². The van der Waals surface area contributed by atoms with Crippen molar-refractivity contribution >= 4 is 33.2 Å². The quantitative estimate of drug-likeness (QED) is 0.840. The maximum atomic E-state index is 11.3. The Hall–Kier alpha value is -0.500. The molecule has 3 rings (SSSR count).